The molecule has 0 radical (unpaired) electrons. The van der Waals surface area contributed by atoms with Crippen molar-refractivity contribution in [2.45, 2.75) is 0 Å². The highest BCUT2D eigenvalue weighted by Gasteiger charge is 2.17. The van der Waals surface area contributed by atoms with Crippen molar-refractivity contribution in [3.05, 3.63) is 71.6 Å². The number of carbonyl (C=O) groups is 1. The first-order chi connectivity index (χ1) is 15.7. The summed E-state index contributed by atoms with van der Waals surface area (Å²) in [6.45, 7) is 3.14. The molecule has 1 aliphatic heterocycles. The molecule has 0 aliphatic carbocycles. The second-order valence-corrected chi connectivity index (χ2v) is 8.07. The fourth-order valence-electron chi connectivity index (χ4n) is 3.38. The first kappa shape index (κ1) is 20.3. The lowest BCUT2D eigenvalue weighted by atomic mass is 10.1. The van der Waals surface area contributed by atoms with Gasteiger partial charge in [-0.2, -0.15) is 0 Å². The van der Waals surface area contributed by atoms with Gasteiger partial charge in [-0.3, -0.25) is 4.79 Å². The van der Waals surface area contributed by atoms with E-state index in [9.17, 15) is 9.18 Å². The van der Waals surface area contributed by atoms with Crippen molar-refractivity contribution in [1.82, 2.24) is 10.1 Å². The molecule has 0 unspecified atom stereocenters. The van der Waals surface area contributed by atoms with Crippen molar-refractivity contribution >= 4 is 28.1 Å². The van der Waals surface area contributed by atoms with Crippen molar-refractivity contribution in [1.29, 1.82) is 0 Å². The topological polar surface area (TPSA) is 80.5 Å². The summed E-state index contributed by atoms with van der Waals surface area (Å²) in [6, 6.07) is 14.9. The van der Waals surface area contributed by atoms with E-state index in [1.165, 1.54) is 18.2 Å². The molecule has 0 saturated carbocycles. The number of carbonyl (C=O) groups excluding carboxylic acids is 1. The largest absolute Gasteiger partial charge is 0.378 e. The number of nitrogens with zero attached hydrogens (tertiary/aromatic N) is 3. The van der Waals surface area contributed by atoms with Gasteiger partial charge in [0.25, 0.3) is 5.91 Å². The highest BCUT2D eigenvalue weighted by molar-refractivity contribution is 7.14. The zero-order valence-corrected chi connectivity index (χ0v) is 17.8. The molecule has 1 N–H and O–H groups in total. The van der Waals surface area contributed by atoms with Crippen LogP contribution in [0, 0.1) is 5.82 Å². The van der Waals surface area contributed by atoms with Crippen LogP contribution < -0.4 is 10.2 Å². The summed E-state index contributed by atoms with van der Waals surface area (Å²) in [5.41, 5.74) is 3.41. The predicted molar refractivity (Wildman–Crippen MR) is 120 cm³/mol. The van der Waals surface area contributed by atoms with Crippen LogP contribution in [0.25, 0.3) is 22.5 Å². The van der Waals surface area contributed by atoms with Gasteiger partial charge in [-0.05, 0) is 24.3 Å². The van der Waals surface area contributed by atoms with Crippen molar-refractivity contribution in [2.75, 3.05) is 36.5 Å². The summed E-state index contributed by atoms with van der Waals surface area (Å²) >= 11 is 1.61. The van der Waals surface area contributed by atoms with Crippen LogP contribution in [0.5, 0.6) is 0 Å². The van der Waals surface area contributed by atoms with Crippen LogP contribution >= 0.6 is 11.3 Å². The van der Waals surface area contributed by atoms with Crippen LogP contribution in [-0.4, -0.2) is 42.4 Å². The van der Waals surface area contributed by atoms with Crippen molar-refractivity contribution in [3.63, 3.8) is 0 Å². The van der Waals surface area contributed by atoms with E-state index in [1.54, 1.807) is 23.5 Å². The van der Waals surface area contributed by atoms with Gasteiger partial charge >= 0.3 is 0 Å². The molecule has 0 atom stereocenters. The number of morpholine rings is 1. The summed E-state index contributed by atoms with van der Waals surface area (Å²) in [5.74, 6) is -0.770. The molecule has 2 aromatic carbocycles. The maximum Gasteiger partial charge on any atom is 0.294 e. The number of halogens is 1. The third-order valence-corrected chi connectivity index (χ3v) is 5.97. The Morgan fingerprint density at radius 3 is 2.62 bits per heavy atom. The second-order valence-electron chi connectivity index (χ2n) is 7.23. The molecule has 32 heavy (non-hydrogen) atoms. The normalized spacial score (nSPS) is 13.8. The van der Waals surface area contributed by atoms with E-state index in [-0.39, 0.29) is 11.6 Å². The minimum absolute atomic E-state index is 0.0444. The Bertz CT molecular complexity index is 1230. The van der Waals surface area contributed by atoms with Gasteiger partial charge in [0.1, 0.15) is 11.5 Å². The van der Waals surface area contributed by atoms with Gasteiger partial charge in [0, 0.05) is 41.4 Å². The first-order valence-corrected chi connectivity index (χ1v) is 11.0. The van der Waals surface area contributed by atoms with E-state index >= 15 is 0 Å². The molecule has 4 aromatic rings. The van der Waals surface area contributed by atoms with Gasteiger partial charge in [-0.1, -0.05) is 29.4 Å². The number of nitrogens with one attached hydrogen (secondary N) is 1. The minimum Gasteiger partial charge on any atom is -0.378 e. The molecule has 1 amide bonds. The maximum absolute atomic E-state index is 13.4. The van der Waals surface area contributed by atoms with Crippen LogP contribution in [0.3, 0.4) is 0 Å². The molecule has 1 fully saturated rings. The fraction of sp³-hybridized carbons (Fsp3) is 0.174. The first-order valence-electron chi connectivity index (χ1n) is 10.1. The number of aromatic nitrogens is 2. The van der Waals surface area contributed by atoms with E-state index in [2.05, 4.69) is 15.4 Å². The Hall–Kier alpha value is -3.56. The molecule has 1 aliphatic rings. The van der Waals surface area contributed by atoms with Gasteiger partial charge in [0.05, 0.1) is 18.9 Å². The van der Waals surface area contributed by atoms with Crippen LogP contribution in [0.4, 0.5) is 15.2 Å². The van der Waals surface area contributed by atoms with Crippen molar-refractivity contribution in [2.24, 2.45) is 0 Å². The SMILES string of the molecule is O=C(Nc1ccc(-c2csc(N3CCOCC3)n2)cc1)c1cc(-c2cccc(F)c2)no1. The molecular formula is C23H19FN4O3S. The highest BCUT2D eigenvalue weighted by atomic mass is 32.1. The highest BCUT2D eigenvalue weighted by Crippen LogP contribution is 2.29. The van der Waals surface area contributed by atoms with Crippen molar-refractivity contribution < 1.29 is 18.4 Å². The molecule has 162 valence electrons. The number of hydrogen-bond donors (Lipinski definition) is 1. The smallest absolute Gasteiger partial charge is 0.294 e. The van der Waals surface area contributed by atoms with Crippen LogP contribution in [0.2, 0.25) is 0 Å². The van der Waals surface area contributed by atoms with Gasteiger partial charge in [-0.15, -0.1) is 11.3 Å². The quantitative estimate of drug-likeness (QED) is 0.475. The van der Waals surface area contributed by atoms with Crippen LogP contribution in [0.15, 0.2) is 64.5 Å². The predicted octanol–water partition coefficient (Wildman–Crippen LogP) is 4.69. The van der Waals surface area contributed by atoms with E-state index in [0.717, 1.165) is 42.7 Å². The number of ether oxygens (including phenoxy) is 1. The Morgan fingerprint density at radius 1 is 1.03 bits per heavy atom. The molecule has 2 aromatic heterocycles. The van der Waals surface area contributed by atoms with Gasteiger partial charge in [0.2, 0.25) is 5.76 Å². The molecule has 3 heterocycles. The fourth-order valence-corrected chi connectivity index (χ4v) is 4.27. The number of benzene rings is 2. The van der Waals surface area contributed by atoms with E-state index in [1.807, 2.05) is 29.6 Å². The number of rotatable bonds is 5. The average molecular weight is 450 g/mol. The van der Waals surface area contributed by atoms with E-state index < -0.39 is 5.91 Å². The lowest BCUT2D eigenvalue weighted by Crippen LogP contribution is -2.36. The molecule has 7 nitrogen and oxygen atoms in total. The number of hydrogen-bond acceptors (Lipinski definition) is 7. The van der Waals surface area contributed by atoms with E-state index in [4.69, 9.17) is 14.2 Å². The van der Waals surface area contributed by atoms with Gasteiger partial charge in [0.15, 0.2) is 5.13 Å². The maximum atomic E-state index is 13.4. The zero-order valence-electron chi connectivity index (χ0n) is 17.0. The number of anilines is 2. The molecule has 0 spiro atoms. The average Bonchev–Trinajstić information content (AvgIpc) is 3.51. The van der Waals surface area contributed by atoms with Crippen LogP contribution in [0.1, 0.15) is 10.6 Å². The Kier molecular flexibility index (Phi) is 5.66. The zero-order chi connectivity index (χ0) is 21.9. The summed E-state index contributed by atoms with van der Waals surface area (Å²) in [5, 5.41) is 9.66. The lowest BCUT2D eigenvalue weighted by Gasteiger charge is -2.26. The summed E-state index contributed by atoms with van der Waals surface area (Å²) in [6.07, 6.45) is 0. The molecule has 9 heteroatoms. The summed E-state index contributed by atoms with van der Waals surface area (Å²) < 4.78 is 23.9. The minimum atomic E-state index is -0.434. The summed E-state index contributed by atoms with van der Waals surface area (Å²) in [4.78, 5) is 19.5. The lowest BCUT2D eigenvalue weighted by molar-refractivity contribution is 0.0988. The standard InChI is InChI=1S/C23H19FN4O3S/c24-17-3-1-2-16(12-17)19-13-21(31-27-19)22(29)25-18-6-4-15(5-7-18)20-14-32-23(26-20)28-8-10-30-11-9-28/h1-7,12-14H,8-11H2,(H,25,29). The van der Waals surface area contributed by atoms with Gasteiger partial charge in [-0.25, -0.2) is 9.37 Å². The Labute approximate surface area is 187 Å². The monoisotopic (exact) mass is 450 g/mol. The second kappa shape index (κ2) is 8.89. The summed E-state index contributed by atoms with van der Waals surface area (Å²) in [7, 11) is 0. The molecule has 5 rings (SSSR count). The number of thiazole rings is 1. The van der Waals surface area contributed by atoms with Crippen LogP contribution in [-0.2, 0) is 4.74 Å². The number of amides is 1. The molecule has 1 saturated heterocycles. The van der Waals surface area contributed by atoms with Gasteiger partial charge < -0.3 is 19.5 Å². The van der Waals surface area contributed by atoms with Crippen molar-refractivity contribution in [3.8, 4) is 22.5 Å². The Balaban J connectivity index is 1.25. The van der Waals surface area contributed by atoms with E-state index in [0.29, 0.717) is 16.9 Å². The Morgan fingerprint density at radius 2 is 1.84 bits per heavy atom. The molecular weight excluding hydrogens is 431 g/mol. The molecule has 0 bridgehead atoms. The third kappa shape index (κ3) is 4.39. The third-order valence-electron chi connectivity index (χ3n) is 5.07.